The summed E-state index contributed by atoms with van der Waals surface area (Å²) >= 11 is 6.05. The lowest BCUT2D eigenvalue weighted by Crippen LogP contribution is -2.32. The monoisotopic (exact) mass is 273 g/mol. The largest absolute Gasteiger partial charge is 0.316 e. The molecular weight excluding hydrogens is 254 g/mol. The summed E-state index contributed by atoms with van der Waals surface area (Å²) in [5.41, 5.74) is 2.64. The maximum atomic E-state index is 6.05. The number of halogens is 1. The molecule has 2 aromatic carbocycles. The van der Waals surface area contributed by atoms with Gasteiger partial charge in [0.25, 0.3) is 0 Å². The van der Waals surface area contributed by atoms with Crippen LogP contribution in [0.2, 0.25) is 5.02 Å². The van der Waals surface area contributed by atoms with Crippen molar-refractivity contribution in [2.45, 2.75) is 25.3 Å². The van der Waals surface area contributed by atoms with Crippen LogP contribution < -0.4 is 5.32 Å². The molecule has 1 N–H and O–H groups in total. The standard InChI is InChI=1S/C17H20ClN/c1-13(15-8-4-3-5-9-15)17(19-2)12-14-7-6-10-16(18)11-14/h3-11,13,17,19H,12H2,1-2H3. The Kier molecular flexibility index (Phi) is 5.00. The summed E-state index contributed by atoms with van der Waals surface area (Å²) in [7, 11) is 2.02. The lowest BCUT2D eigenvalue weighted by molar-refractivity contribution is 0.483. The van der Waals surface area contributed by atoms with Gasteiger partial charge < -0.3 is 5.32 Å². The van der Waals surface area contributed by atoms with Gasteiger partial charge in [-0.1, -0.05) is 61.0 Å². The Bertz CT molecular complexity index is 510. The Morgan fingerprint density at radius 2 is 1.79 bits per heavy atom. The minimum Gasteiger partial charge on any atom is -0.316 e. The highest BCUT2D eigenvalue weighted by molar-refractivity contribution is 6.30. The first-order valence-electron chi connectivity index (χ1n) is 6.67. The minimum atomic E-state index is 0.404. The molecule has 0 saturated heterocycles. The molecular formula is C17H20ClN. The summed E-state index contributed by atoms with van der Waals surface area (Å²) in [6.45, 7) is 2.26. The molecule has 0 radical (unpaired) electrons. The minimum absolute atomic E-state index is 0.404. The number of benzene rings is 2. The highest BCUT2D eigenvalue weighted by Crippen LogP contribution is 2.22. The SMILES string of the molecule is CNC(Cc1cccc(Cl)c1)C(C)c1ccccc1. The van der Waals surface area contributed by atoms with E-state index in [2.05, 4.69) is 48.6 Å². The lowest BCUT2D eigenvalue weighted by atomic mass is 9.89. The average Bonchev–Trinajstić information content (AvgIpc) is 2.45. The predicted molar refractivity (Wildman–Crippen MR) is 82.9 cm³/mol. The lowest BCUT2D eigenvalue weighted by Gasteiger charge is -2.24. The van der Waals surface area contributed by atoms with Crippen molar-refractivity contribution in [2.75, 3.05) is 7.05 Å². The van der Waals surface area contributed by atoms with Crippen molar-refractivity contribution in [1.29, 1.82) is 0 Å². The van der Waals surface area contributed by atoms with Gasteiger partial charge in [0.15, 0.2) is 0 Å². The van der Waals surface area contributed by atoms with Crippen molar-refractivity contribution >= 4 is 11.6 Å². The Morgan fingerprint density at radius 3 is 2.42 bits per heavy atom. The fourth-order valence-electron chi connectivity index (χ4n) is 2.44. The van der Waals surface area contributed by atoms with Gasteiger partial charge in [-0.15, -0.1) is 0 Å². The molecule has 0 aliphatic heterocycles. The van der Waals surface area contributed by atoms with Crippen LogP contribution in [0.25, 0.3) is 0 Å². The van der Waals surface area contributed by atoms with Crippen LogP contribution in [-0.4, -0.2) is 13.1 Å². The highest BCUT2D eigenvalue weighted by Gasteiger charge is 2.17. The number of hydrogen-bond acceptors (Lipinski definition) is 1. The van der Waals surface area contributed by atoms with Crippen molar-refractivity contribution < 1.29 is 0 Å². The molecule has 0 spiro atoms. The van der Waals surface area contributed by atoms with Crippen LogP contribution in [-0.2, 0) is 6.42 Å². The van der Waals surface area contributed by atoms with E-state index in [1.807, 2.05) is 25.2 Å². The average molecular weight is 274 g/mol. The van der Waals surface area contributed by atoms with Gasteiger partial charge in [0, 0.05) is 11.1 Å². The molecule has 0 heterocycles. The van der Waals surface area contributed by atoms with Gasteiger partial charge in [0.2, 0.25) is 0 Å². The van der Waals surface area contributed by atoms with Gasteiger partial charge in [-0.05, 0) is 42.6 Å². The maximum Gasteiger partial charge on any atom is 0.0408 e. The van der Waals surface area contributed by atoms with Gasteiger partial charge >= 0.3 is 0 Å². The predicted octanol–water partition coefficient (Wildman–Crippen LogP) is 4.27. The smallest absolute Gasteiger partial charge is 0.0408 e. The molecule has 2 heteroatoms. The third-order valence-electron chi connectivity index (χ3n) is 3.64. The molecule has 2 unspecified atom stereocenters. The molecule has 0 fully saturated rings. The first kappa shape index (κ1) is 14.1. The van der Waals surface area contributed by atoms with Crippen molar-refractivity contribution in [2.24, 2.45) is 0 Å². The van der Waals surface area contributed by atoms with Crippen LogP contribution in [0.1, 0.15) is 24.0 Å². The van der Waals surface area contributed by atoms with Gasteiger partial charge in [-0.25, -0.2) is 0 Å². The van der Waals surface area contributed by atoms with E-state index in [-0.39, 0.29) is 0 Å². The number of likely N-dealkylation sites (N-methyl/N-ethyl adjacent to an activating group) is 1. The number of hydrogen-bond donors (Lipinski definition) is 1. The molecule has 0 aliphatic rings. The Labute approximate surface area is 120 Å². The van der Waals surface area contributed by atoms with Gasteiger partial charge in [0.1, 0.15) is 0 Å². The molecule has 1 nitrogen and oxygen atoms in total. The van der Waals surface area contributed by atoms with E-state index < -0.39 is 0 Å². The van der Waals surface area contributed by atoms with E-state index in [1.54, 1.807) is 0 Å². The zero-order valence-electron chi connectivity index (χ0n) is 11.4. The normalized spacial score (nSPS) is 14.1. The first-order valence-corrected chi connectivity index (χ1v) is 7.05. The fraction of sp³-hybridized carbons (Fsp3) is 0.294. The second-order valence-corrected chi connectivity index (χ2v) is 5.37. The van der Waals surface area contributed by atoms with E-state index in [1.165, 1.54) is 11.1 Å². The van der Waals surface area contributed by atoms with Crippen LogP contribution in [0.5, 0.6) is 0 Å². The molecule has 19 heavy (non-hydrogen) atoms. The molecule has 0 bridgehead atoms. The summed E-state index contributed by atoms with van der Waals surface area (Å²) in [4.78, 5) is 0. The second kappa shape index (κ2) is 6.74. The molecule has 100 valence electrons. The van der Waals surface area contributed by atoms with Crippen LogP contribution in [0.4, 0.5) is 0 Å². The van der Waals surface area contributed by atoms with Gasteiger partial charge in [0.05, 0.1) is 0 Å². The first-order chi connectivity index (χ1) is 9.20. The third-order valence-corrected chi connectivity index (χ3v) is 3.88. The Morgan fingerprint density at radius 1 is 1.05 bits per heavy atom. The fourth-order valence-corrected chi connectivity index (χ4v) is 2.65. The number of nitrogens with one attached hydrogen (secondary N) is 1. The van der Waals surface area contributed by atoms with Crippen molar-refractivity contribution in [3.8, 4) is 0 Å². The van der Waals surface area contributed by atoms with Crippen molar-refractivity contribution in [3.63, 3.8) is 0 Å². The zero-order valence-corrected chi connectivity index (χ0v) is 12.2. The van der Waals surface area contributed by atoms with Crippen LogP contribution in [0.15, 0.2) is 54.6 Å². The van der Waals surface area contributed by atoms with E-state index in [0.717, 1.165) is 11.4 Å². The van der Waals surface area contributed by atoms with E-state index >= 15 is 0 Å². The van der Waals surface area contributed by atoms with Crippen LogP contribution >= 0.6 is 11.6 Å². The molecule has 0 aromatic heterocycles. The third kappa shape index (κ3) is 3.82. The molecule has 0 saturated carbocycles. The van der Waals surface area contributed by atoms with E-state index in [9.17, 15) is 0 Å². The summed E-state index contributed by atoms with van der Waals surface area (Å²) in [6, 6.07) is 19.1. The molecule has 0 amide bonds. The molecule has 2 aromatic rings. The number of rotatable bonds is 5. The molecule has 0 aliphatic carbocycles. The summed E-state index contributed by atoms with van der Waals surface area (Å²) in [5, 5.41) is 4.23. The van der Waals surface area contributed by atoms with Crippen molar-refractivity contribution in [3.05, 3.63) is 70.7 Å². The van der Waals surface area contributed by atoms with Crippen molar-refractivity contribution in [1.82, 2.24) is 5.32 Å². The van der Waals surface area contributed by atoms with Crippen LogP contribution in [0, 0.1) is 0 Å². The maximum absolute atomic E-state index is 6.05. The second-order valence-electron chi connectivity index (χ2n) is 4.93. The van der Waals surface area contributed by atoms with Gasteiger partial charge in [-0.2, -0.15) is 0 Å². The summed E-state index contributed by atoms with van der Waals surface area (Å²) < 4.78 is 0. The quantitative estimate of drug-likeness (QED) is 0.858. The summed E-state index contributed by atoms with van der Waals surface area (Å²) in [6.07, 6.45) is 0.979. The van der Waals surface area contributed by atoms with Crippen LogP contribution in [0.3, 0.4) is 0 Å². The van der Waals surface area contributed by atoms with E-state index in [4.69, 9.17) is 11.6 Å². The molecule has 2 atom stereocenters. The zero-order chi connectivity index (χ0) is 13.7. The highest BCUT2D eigenvalue weighted by atomic mass is 35.5. The Hall–Kier alpha value is -1.31. The summed E-state index contributed by atoms with van der Waals surface area (Å²) in [5.74, 6) is 0.463. The topological polar surface area (TPSA) is 12.0 Å². The Balaban J connectivity index is 2.12. The van der Waals surface area contributed by atoms with E-state index in [0.29, 0.717) is 12.0 Å². The molecule has 2 rings (SSSR count). The van der Waals surface area contributed by atoms with Gasteiger partial charge in [-0.3, -0.25) is 0 Å².